The Hall–Kier alpha value is -3.45. The van der Waals surface area contributed by atoms with Gasteiger partial charge in [0.1, 0.15) is 17.4 Å². The first-order chi connectivity index (χ1) is 15.2. The Morgan fingerprint density at radius 3 is 2.94 bits per heavy atom. The number of aromatic nitrogens is 4. The molecule has 0 bridgehead atoms. The SMILES string of the molecule is COc1ccc2c(CN3CCC[C@@H]3c3cncc(Nc4ccccn4)n3)cn(C)c2c1. The molecule has 1 atom stereocenters. The number of likely N-dealkylation sites (tertiary alicyclic amines) is 1. The normalized spacial score (nSPS) is 16.6. The number of ether oxygens (including phenoxy) is 1. The number of methoxy groups -OCH3 is 1. The van der Waals surface area contributed by atoms with Crippen molar-refractivity contribution in [1.29, 1.82) is 0 Å². The Morgan fingerprint density at radius 2 is 2.10 bits per heavy atom. The van der Waals surface area contributed by atoms with E-state index in [1.807, 2.05) is 30.5 Å². The Bertz CT molecular complexity index is 1190. The highest BCUT2D eigenvalue weighted by molar-refractivity contribution is 5.85. The van der Waals surface area contributed by atoms with Crippen molar-refractivity contribution in [3.05, 3.63) is 72.4 Å². The smallest absolute Gasteiger partial charge is 0.150 e. The zero-order chi connectivity index (χ0) is 21.2. The average molecular weight is 415 g/mol. The predicted molar refractivity (Wildman–Crippen MR) is 121 cm³/mol. The molecular formula is C24H26N6O. The van der Waals surface area contributed by atoms with Crippen LogP contribution in [0.5, 0.6) is 5.75 Å². The Balaban J connectivity index is 1.38. The largest absolute Gasteiger partial charge is 0.497 e. The lowest BCUT2D eigenvalue weighted by Crippen LogP contribution is -2.23. The molecule has 0 radical (unpaired) electrons. The number of anilines is 2. The lowest BCUT2D eigenvalue weighted by Gasteiger charge is -2.24. The lowest BCUT2D eigenvalue weighted by molar-refractivity contribution is 0.245. The van der Waals surface area contributed by atoms with Crippen LogP contribution in [-0.2, 0) is 13.6 Å². The van der Waals surface area contributed by atoms with E-state index < -0.39 is 0 Å². The molecule has 1 fully saturated rings. The Morgan fingerprint density at radius 1 is 1.16 bits per heavy atom. The first kappa shape index (κ1) is 19.5. The van der Waals surface area contributed by atoms with E-state index in [0.29, 0.717) is 0 Å². The third kappa shape index (κ3) is 3.96. The Kier molecular flexibility index (Phi) is 5.26. The van der Waals surface area contributed by atoms with Crippen LogP contribution in [0.15, 0.2) is 61.2 Å². The molecule has 31 heavy (non-hydrogen) atoms. The third-order valence-electron chi connectivity index (χ3n) is 5.93. The van der Waals surface area contributed by atoms with Gasteiger partial charge in [-0.05, 0) is 49.2 Å². The molecule has 1 aliphatic heterocycles. The topological polar surface area (TPSA) is 68.1 Å². The molecule has 0 amide bonds. The summed E-state index contributed by atoms with van der Waals surface area (Å²) in [7, 11) is 3.79. The molecule has 0 unspecified atom stereocenters. The number of benzene rings is 1. The van der Waals surface area contributed by atoms with Crippen molar-refractivity contribution >= 4 is 22.5 Å². The molecule has 5 rings (SSSR count). The fraction of sp³-hybridized carbons (Fsp3) is 0.292. The van der Waals surface area contributed by atoms with E-state index in [9.17, 15) is 0 Å². The second-order valence-electron chi connectivity index (χ2n) is 7.95. The van der Waals surface area contributed by atoms with Crippen LogP contribution in [0.1, 0.15) is 30.1 Å². The summed E-state index contributed by atoms with van der Waals surface area (Å²) in [5.74, 6) is 2.37. The van der Waals surface area contributed by atoms with Gasteiger partial charge in [-0.25, -0.2) is 9.97 Å². The minimum atomic E-state index is 0.256. The van der Waals surface area contributed by atoms with Crippen molar-refractivity contribution in [2.75, 3.05) is 19.0 Å². The number of hydrogen-bond donors (Lipinski definition) is 1. The van der Waals surface area contributed by atoms with Crippen molar-refractivity contribution < 1.29 is 4.74 Å². The summed E-state index contributed by atoms with van der Waals surface area (Å²) in [6, 6.07) is 12.3. The zero-order valence-electron chi connectivity index (χ0n) is 17.8. The number of nitrogens with one attached hydrogen (secondary N) is 1. The molecule has 1 saturated heterocycles. The van der Waals surface area contributed by atoms with Crippen LogP contribution in [0.3, 0.4) is 0 Å². The fourth-order valence-electron chi connectivity index (χ4n) is 4.44. The van der Waals surface area contributed by atoms with Crippen molar-refractivity contribution in [2.45, 2.75) is 25.4 Å². The summed E-state index contributed by atoms with van der Waals surface area (Å²) >= 11 is 0. The number of pyridine rings is 1. The molecule has 4 aromatic rings. The minimum Gasteiger partial charge on any atom is -0.497 e. The van der Waals surface area contributed by atoms with E-state index in [0.717, 1.165) is 49.0 Å². The van der Waals surface area contributed by atoms with E-state index in [-0.39, 0.29) is 6.04 Å². The standard InChI is InChI=1S/C24H26N6O/c1-29-15-17(19-9-8-18(31-2)12-22(19)29)16-30-11-5-6-21(30)20-13-25-14-24(27-20)28-23-7-3-4-10-26-23/h3-4,7-10,12-15,21H,5-6,11,16H2,1-2H3,(H,26,27,28)/t21-/m1/s1. The molecule has 1 aromatic carbocycles. The van der Waals surface area contributed by atoms with E-state index in [2.05, 4.69) is 50.1 Å². The third-order valence-corrected chi connectivity index (χ3v) is 5.93. The summed E-state index contributed by atoms with van der Waals surface area (Å²) in [6.07, 6.45) is 9.86. The molecule has 158 valence electrons. The van der Waals surface area contributed by atoms with E-state index >= 15 is 0 Å². The number of hydrogen-bond acceptors (Lipinski definition) is 6. The lowest BCUT2D eigenvalue weighted by atomic mass is 10.1. The van der Waals surface area contributed by atoms with Crippen LogP contribution in [0.2, 0.25) is 0 Å². The second kappa shape index (κ2) is 8.35. The van der Waals surface area contributed by atoms with Crippen molar-refractivity contribution in [1.82, 2.24) is 24.4 Å². The van der Waals surface area contributed by atoms with Gasteiger partial charge in [0.2, 0.25) is 0 Å². The maximum atomic E-state index is 5.40. The van der Waals surface area contributed by atoms with Gasteiger partial charge in [-0.15, -0.1) is 0 Å². The van der Waals surface area contributed by atoms with Gasteiger partial charge in [0.15, 0.2) is 0 Å². The molecular weight excluding hydrogens is 388 g/mol. The van der Waals surface area contributed by atoms with Gasteiger partial charge in [0, 0.05) is 37.4 Å². The van der Waals surface area contributed by atoms with Gasteiger partial charge in [-0.3, -0.25) is 9.88 Å². The van der Waals surface area contributed by atoms with Gasteiger partial charge >= 0.3 is 0 Å². The highest BCUT2D eigenvalue weighted by Crippen LogP contribution is 2.34. The van der Waals surface area contributed by atoms with Crippen molar-refractivity contribution in [3.8, 4) is 5.75 Å². The van der Waals surface area contributed by atoms with Crippen LogP contribution in [0.25, 0.3) is 10.9 Å². The highest BCUT2D eigenvalue weighted by atomic mass is 16.5. The van der Waals surface area contributed by atoms with Crippen molar-refractivity contribution in [3.63, 3.8) is 0 Å². The van der Waals surface area contributed by atoms with Gasteiger partial charge in [-0.2, -0.15) is 0 Å². The molecule has 7 heteroatoms. The number of rotatable bonds is 6. The second-order valence-corrected chi connectivity index (χ2v) is 7.95. The molecule has 0 aliphatic carbocycles. The van der Waals surface area contributed by atoms with E-state index in [4.69, 9.17) is 9.72 Å². The van der Waals surface area contributed by atoms with Crippen LogP contribution >= 0.6 is 0 Å². The Labute approximate surface area is 181 Å². The van der Waals surface area contributed by atoms with Crippen LogP contribution in [0, 0.1) is 0 Å². The van der Waals surface area contributed by atoms with E-state index in [1.54, 1.807) is 19.5 Å². The quantitative estimate of drug-likeness (QED) is 0.503. The summed E-state index contributed by atoms with van der Waals surface area (Å²) in [5, 5.41) is 4.52. The summed E-state index contributed by atoms with van der Waals surface area (Å²) in [4.78, 5) is 16.1. The first-order valence-corrected chi connectivity index (χ1v) is 10.6. The van der Waals surface area contributed by atoms with Gasteiger partial charge in [0.05, 0.1) is 36.8 Å². The summed E-state index contributed by atoms with van der Waals surface area (Å²) in [5.41, 5.74) is 3.51. The van der Waals surface area contributed by atoms with Gasteiger partial charge < -0.3 is 14.6 Å². The maximum Gasteiger partial charge on any atom is 0.150 e. The molecule has 3 aromatic heterocycles. The maximum absolute atomic E-state index is 5.40. The molecule has 4 heterocycles. The van der Waals surface area contributed by atoms with E-state index in [1.165, 1.54) is 16.5 Å². The molecule has 1 N–H and O–H groups in total. The number of fused-ring (bicyclic) bond motifs is 1. The molecule has 1 aliphatic rings. The minimum absolute atomic E-state index is 0.256. The van der Waals surface area contributed by atoms with Gasteiger partial charge in [0.25, 0.3) is 0 Å². The van der Waals surface area contributed by atoms with Crippen LogP contribution < -0.4 is 10.1 Å². The summed E-state index contributed by atoms with van der Waals surface area (Å²) in [6.45, 7) is 1.94. The average Bonchev–Trinajstić information content (AvgIpc) is 3.39. The number of aryl methyl sites for hydroxylation is 1. The number of nitrogens with zero attached hydrogens (tertiary/aromatic N) is 5. The summed E-state index contributed by atoms with van der Waals surface area (Å²) < 4.78 is 7.58. The van der Waals surface area contributed by atoms with Crippen molar-refractivity contribution in [2.24, 2.45) is 7.05 Å². The molecule has 0 spiro atoms. The highest BCUT2D eigenvalue weighted by Gasteiger charge is 2.28. The first-order valence-electron chi connectivity index (χ1n) is 10.6. The van der Waals surface area contributed by atoms with Crippen LogP contribution in [0.4, 0.5) is 11.6 Å². The molecule has 0 saturated carbocycles. The van der Waals surface area contributed by atoms with Gasteiger partial charge in [-0.1, -0.05) is 6.07 Å². The molecule has 7 nitrogen and oxygen atoms in total. The zero-order valence-corrected chi connectivity index (χ0v) is 17.8. The monoisotopic (exact) mass is 414 g/mol. The van der Waals surface area contributed by atoms with Crippen LogP contribution in [-0.4, -0.2) is 38.1 Å². The predicted octanol–water partition coefficient (Wildman–Crippen LogP) is 4.45. The fourth-order valence-corrected chi connectivity index (χ4v) is 4.44.